The molecule has 0 aliphatic carbocycles. The van der Waals surface area contributed by atoms with Crippen LogP contribution in [0.3, 0.4) is 0 Å². The summed E-state index contributed by atoms with van der Waals surface area (Å²) in [5, 5.41) is 12.1. The van der Waals surface area contributed by atoms with Crippen LogP contribution in [0, 0.1) is 0 Å². The number of esters is 1. The highest BCUT2D eigenvalue weighted by atomic mass is 16.5. The number of aliphatic hydroxyl groups excluding tert-OH is 1. The molecule has 0 heterocycles. The highest BCUT2D eigenvalue weighted by molar-refractivity contribution is 5.72. The third kappa shape index (κ3) is 4.54. The molecule has 1 atom stereocenters. The SMILES string of the molecule is COC(=O)Cc1ccccc1CNC(C)CO. The van der Waals surface area contributed by atoms with Crippen molar-refractivity contribution in [3.63, 3.8) is 0 Å². The maximum Gasteiger partial charge on any atom is 0.309 e. The molecule has 1 aromatic carbocycles. The third-order valence-electron chi connectivity index (χ3n) is 2.60. The highest BCUT2D eigenvalue weighted by Gasteiger charge is 2.08. The number of rotatable bonds is 6. The normalized spacial score (nSPS) is 12.2. The zero-order chi connectivity index (χ0) is 12.7. The number of hydrogen-bond acceptors (Lipinski definition) is 4. The van der Waals surface area contributed by atoms with Crippen LogP contribution in [0.15, 0.2) is 24.3 Å². The maximum atomic E-state index is 11.2. The van der Waals surface area contributed by atoms with Gasteiger partial charge >= 0.3 is 5.97 Å². The molecule has 4 nitrogen and oxygen atoms in total. The van der Waals surface area contributed by atoms with E-state index in [2.05, 4.69) is 10.1 Å². The van der Waals surface area contributed by atoms with Gasteiger partial charge in [-0.2, -0.15) is 0 Å². The van der Waals surface area contributed by atoms with Crippen LogP contribution in [0.1, 0.15) is 18.1 Å². The quantitative estimate of drug-likeness (QED) is 0.721. The second-order valence-corrected chi connectivity index (χ2v) is 3.99. The Kier molecular flexibility index (Phi) is 5.66. The Labute approximate surface area is 102 Å². The van der Waals surface area contributed by atoms with Gasteiger partial charge in [0, 0.05) is 12.6 Å². The fraction of sp³-hybridized carbons (Fsp3) is 0.462. The molecule has 0 fully saturated rings. The largest absolute Gasteiger partial charge is 0.469 e. The van der Waals surface area contributed by atoms with Crippen LogP contribution in [-0.4, -0.2) is 30.8 Å². The first kappa shape index (κ1) is 13.7. The predicted octanol–water partition coefficient (Wildman–Crippen LogP) is 0.872. The molecule has 17 heavy (non-hydrogen) atoms. The van der Waals surface area contributed by atoms with E-state index in [0.717, 1.165) is 11.1 Å². The summed E-state index contributed by atoms with van der Waals surface area (Å²) in [6.45, 7) is 2.64. The standard InChI is InChI=1S/C13H19NO3/c1-10(9-15)14-8-12-6-4-3-5-11(12)7-13(16)17-2/h3-6,10,14-15H,7-9H2,1-2H3. The number of carbonyl (C=O) groups is 1. The number of ether oxygens (including phenoxy) is 1. The van der Waals surface area contributed by atoms with E-state index in [0.29, 0.717) is 6.54 Å². The summed E-state index contributed by atoms with van der Waals surface area (Å²) in [5.74, 6) is -0.243. The van der Waals surface area contributed by atoms with Crippen molar-refractivity contribution in [3.05, 3.63) is 35.4 Å². The van der Waals surface area contributed by atoms with Crippen molar-refractivity contribution in [1.82, 2.24) is 5.32 Å². The number of benzene rings is 1. The van der Waals surface area contributed by atoms with E-state index in [1.807, 2.05) is 31.2 Å². The summed E-state index contributed by atoms with van der Waals surface area (Å²) >= 11 is 0. The van der Waals surface area contributed by atoms with E-state index >= 15 is 0 Å². The predicted molar refractivity (Wildman–Crippen MR) is 65.5 cm³/mol. The first-order valence-corrected chi connectivity index (χ1v) is 5.65. The average molecular weight is 237 g/mol. The molecule has 1 unspecified atom stereocenters. The Morgan fingerprint density at radius 2 is 2.06 bits per heavy atom. The van der Waals surface area contributed by atoms with Gasteiger partial charge < -0.3 is 15.2 Å². The van der Waals surface area contributed by atoms with Crippen LogP contribution in [0.4, 0.5) is 0 Å². The van der Waals surface area contributed by atoms with Crippen LogP contribution >= 0.6 is 0 Å². The van der Waals surface area contributed by atoms with Crippen molar-refractivity contribution >= 4 is 5.97 Å². The highest BCUT2D eigenvalue weighted by Crippen LogP contribution is 2.10. The number of hydrogen-bond donors (Lipinski definition) is 2. The van der Waals surface area contributed by atoms with E-state index in [4.69, 9.17) is 5.11 Å². The molecule has 0 aliphatic heterocycles. The van der Waals surface area contributed by atoms with Gasteiger partial charge in [-0.05, 0) is 18.1 Å². The Morgan fingerprint density at radius 1 is 1.41 bits per heavy atom. The molecule has 0 bridgehead atoms. The second-order valence-electron chi connectivity index (χ2n) is 3.99. The summed E-state index contributed by atoms with van der Waals surface area (Å²) < 4.78 is 4.66. The van der Waals surface area contributed by atoms with Crippen LogP contribution in [-0.2, 0) is 22.5 Å². The average Bonchev–Trinajstić information content (AvgIpc) is 2.37. The first-order chi connectivity index (χ1) is 8.17. The summed E-state index contributed by atoms with van der Waals surface area (Å²) in [6, 6.07) is 7.76. The van der Waals surface area contributed by atoms with Crippen molar-refractivity contribution in [2.45, 2.75) is 25.9 Å². The molecule has 0 saturated heterocycles. The van der Waals surface area contributed by atoms with Gasteiger partial charge in [-0.3, -0.25) is 4.79 Å². The van der Waals surface area contributed by atoms with Crippen LogP contribution < -0.4 is 5.32 Å². The molecule has 4 heteroatoms. The lowest BCUT2D eigenvalue weighted by Crippen LogP contribution is -2.29. The Bertz CT molecular complexity index is 365. The Hall–Kier alpha value is -1.39. The van der Waals surface area contributed by atoms with Gasteiger partial charge in [-0.15, -0.1) is 0 Å². The zero-order valence-corrected chi connectivity index (χ0v) is 10.3. The van der Waals surface area contributed by atoms with Crippen molar-refractivity contribution in [3.8, 4) is 0 Å². The lowest BCUT2D eigenvalue weighted by molar-refractivity contribution is -0.139. The van der Waals surface area contributed by atoms with Gasteiger partial charge in [-0.1, -0.05) is 24.3 Å². The zero-order valence-electron chi connectivity index (χ0n) is 10.3. The monoisotopic (exact) mass is 237 g/mol. The van der Waals surface area contributed by atoms with Crippen LogP contribution in [0.5, 0.6) is 0 Å². The second kappa shape index (κ2) is 7.04. The summed E-state index contributed by atoms with van der Waals surface area (Å²) in [7, 11) is 1.39. The molecular weight excluding hydrogens is 218 g/mol. The van der Waals surface area contributed by atoms with E-state index < -0.39 is 0 Å². The minimum Gasteiger partial charge on any atom is -0.469 e. The van der Waals surface area contributed by atoms with Crippen LogP contribution in [0.25, 0.3) is 0 Å². The number of methoxy groups -OCH3 is 1. The molecule has 0 radical (unpaired) electrons. The molecule has 1 aromatic rings. The lowest BCUT2D eigenvalue weighted by atomic mass is 10.0. The number of aliphatic hydroxyl groups is 1. The lowest BCUT2D eigenvalue weighted by Gasteiger charge is -2.13. The molecule has 0 aromatic heterocycles. The fourth-order valence-corrected chi connectivity index (χ4v) is 1.48. The molecular formula is C13H19NO3. The van der Waals surface area contributed by atoms with Crippen LogP contribution in [0.2, 0.25) is 0 Å². The first-order valence-electron chi connectivity index (χ1n) is 5.65. The molecule has 0 spiro atoms. The molecule has 1 rings (SSSR count). The Morgan fingerprint density at radius 3 is 2.65 bits per heavy atom. The van der Waals surface area contributed by atoms with Crippen molar-refractivity contribution in [2.75, 3.05) is 13.7 Å². The maximum absolute atomic E-state index is 11.2. The topological polar surface area (TPSA) is 58.6 Å². The molecule has 0 saturated carbocycles. The fourth-order valence-electron chi connectivity index (χ4n) is 1.48. The van der Waals surface area contributed by atoms with Crippen molar-refractivity contribution < 1.29 is 14.6 Å². The molecule has 2 N–H and O–H groups in total. The molecule has 0 amide bonds. The van der Waals surface area contributed by atoms with Gasteiger partial charge in [0.05, 0.1) is 20.1 Å². The van der Waals surface area contributed by atoms with Crippen molar-refractivity contribution in [2.24, 2.45) is 0 Å². The minimum atomic E-state index is -0.243. The smallest absolute Gasteiger partial charge is 0.309 e. The Balaban J connectivity index is 2.67. The van der Waals surface area contributed by atoms with Gasteiger partial charge in [0.1, 0.15) is 0 Å². The van der Waals surface area contributed by atoms with Gasteiger partial charge in [0.15, 0.2) is 0 Å². The summed E-state index contributed by atoms with van der Waals surface area (Å²) in [5.41, 5.74) is 2.01. The van der Waals surface area contributed by atoms with Crippen molar-refractivity contribution in [1.29, 1.82) is 0 Å². The summed E-state index contributed by atoms with van der Waals surface area (Å²) in [6.07, 6.45) is 0.280. The van der Waals surface area contributed by atoms with E-state index in [1.54, 1.807) is 0 Å². The van der Waals surface area contributed by atoms with E-state index in [9.17, 15) is 4.79 Å². The van der Waals surface area contributed by atoms with Gasteiger partial charge in [-0.25, -0.2) is 0 Å². The minimum absolute atomic E-state index is 0.0428. The number of carbonyl (C=O) groups excluding carboxylic acids is 1. The van der Waals surface area contributed by atoms with E-state index in [-0.39, 0.29) is 25.0 Å². The third-order valence-corrected chi connectivity index (χ3v) is 2.60. The van der Waals surface area contributed by atoms with Gasteiger partial charge in [0.2, 0.25) is 0 Å². The number of nitrogens with one attached hydrogen (secondary N) is 1. The van der Waals surface area contributed by atoms with Gasteiger partial charge in [0.25, 0.3) is 0 Å². The molecule has 94 valence electrons. The molecule has 0 aliphatic rings. The summed E-state index contributed by atoms with van der Waals surface area (Å²) in [4.78, 5) is 11.2. The van der Waals surface area contributed by atoms with E-state index in [1.165, 1.54) is 7.11 Å².